The van der Waals surface area contributed by atoms with Gasteiger partial charge in [-0.05, 0) is 30.5 Å². The molecule has 2 aromatic heterocycles. The molecule has 1 amide bonds. The molecule has 0 aliphatic carbocycles. The van der Waals surface area contributed by atoms with Gasteiger partial charge in [-0.2, -0.15) is 0 Å². The number of rotatable bonds is 4. The maximum absolute atomic E-state index is 13.4. The number of carbonyl (C=O) groups excluding carboxylic acids is 1. The fourth-order valence-electron chi connectivity index (χ4n) is 4.97. The molecule has 0 bridgehead atoms. The van der Waals surface area contributed by atoms with E-state index in [-0.39, 0.29) is 11.5 Å². The number of methoxy groups -OCH3 is 1. The molecule has 0 saturated carbocycles. The number of pyridine rings is 2. The molecule has 1 saturated heterocycles. The molecule has 7 heteroatoms. The molecule has 5 rings (SSSR count). The molecule has 32 heavy (non-hydrogen) atoms. The van der Waals surface area contributed by atoms with Crippen LogP contribution < -0.4 is 10.3 Å². The van der Waals surface area contributed by atoms with Crippen LogP contribution >= 0.6 is 0 Å². The zero-order chi connectivity index (χ0) is 22.1. The van der Waals surface area contributed by atoms with E-state index in [2.05, 4.69) is 22.0 Å². The summed E-state index contributed by atoms with van der Waals surface area (Å²) in [4.78, 5) is 34.9. The lowest BCUT2D eigenvalue weighted by Gasteiger charge is -2.21. The first kappa shape index (κ1) is 20.7. The normalized spacial score (nSPS) is 16.7. The number of amides is 1. The second-order valence-corrected chi connectivity index (χ2v) is 8.54. The first-order chi connectivity index (χ1) is 15.7. The molecule has 3 aromatic rings. The Labute approximate surface area is 187 Å². The molecule has 1 aromatic carbocycles. The minimum absolute atomic E-state index is 0.0170. The van der Waals surface area contributed by atoms with E-state index in [4.69, 9.17) is 4.74 Å². The number of ether oxygens (including phenoxy) is 1. The van der Waals surface area contributed by atoms with Crippen molar-refractivity contribution in [1.29, 1.82) is 0 Å². The summed E-state index contributed by atoms with van der Waals surface area (Å²) < 4.78 is 7.28. The Bertz CT molecular complexity index is 1210. The van der Waals surface area contributed by atoms with Crippen molar-refractivity contribution in [3.63, 3.8) is 0 Å². The Morgan fingerprint density at radius 2 is 1.91 bits per heavy atom. The monoisotopic (exact) mass is 432 g/mol. The van der Waals surface area contributed by atoms with Gasteiger partial charge < -0.3 is 14.2 Å². The molecule has 4 heterocycles. The van der Waals surface area contributed by atoms with Crippen LogP contribution in [0.1, 0.15) is 34.5 Å². The first-order valence-electron chi connectivity index (χ1n) is 11.3. The maximum atomic E-state index is 13.4. The third kappa shape index (κ3) is 3.77. The number of fused-ring (bicyclic) bond motifs is 2. The molecular formula is C25H28N4O3. The van der Waals surface area contributed by atoms with E-state index in [0.717, 1.165) is 62.2 Å². The van der Waals surface area contributed by atoms with Gasteiger partial charge in [-0.15, -0.1) is 0 Å². The molecule has 0 atom stereocenters. The van der Waals surface area contributed by atoms with Crippen LogP contribution in [0.3, 0.4) is 0 Å². The number of benzene rings is 1. The van der Waals surface area contributed by atoms with Crippen molar-refractivity contribution >= 4 is 16.8 Å². The zero-order valence-corrected chi connectivity index (χ0v) is 18.4. The highest BCUT2D eigenvalue weighted by atomic mass is 16.5. The van der Waals surface area contributed by atoms with Crippen LogP contribution in [-0.4, -0.2) is 58.5 Å². The van der Waals surface area contributed by atoms with Gasteiger partial charge in [0.25, 0.3) is 11.5 Å². The molecule has 0 unspecified atom stereocenters. The fourth-order valence-corrected chi connectivity index (χ4v) is 4.97. The number of hydrogen-bond acceptors (Lipinski definition) is 5. The summed E-state index contributed by atoms with van der Waals surface area (Å²) in [5.41, 5.74) is 3.46. The summed E-state index contributed by atoms with van der Waals surface area (Å²) in [6.07, 6.45) is 4.49. The van der Waals surface area contributed by atoms with E-state index in [1.807, 2.05) is 29.3 Å². The third-order valence-electron chi connectivity index (χ3n) is 6.64. The Morgan fingerprint density at radius 1 is 1.06 bits per heavy atom. The van der Waals surface area contributed by atoms with Crippen molar-refractivity contribution in [1.82, 2.24) is 19.4 Å². The largest absolute Gasteiger partial charge is 0.496 e. The Kier molecular flexibility index (Phi) is 5.66. The molecule has 0 radical (unpaired) electrons. The van der Waals surface area contributed by atoms with Gasteiger partial charge in [0.1, 0.15) is 11.3 Å². The molecule has 166 valence electrons. The van der Waals surface area contributed by atoms with Crippen LogP contribution in [0, 0.1) is 0 Å². The Morgan fingerprint density at radius 3 is 2.72 bits per heavy atom. The van der Waals surface area contributed by atoms with E-state index in [0.29, 0.717) is 24.3 Å². The number of nitrogens with zero attached hydrogens (tertiary/aromatic N) is 4. The average Bonchev–Trinajstić information content (AvgIpc) is 3.28. The SMILES string of the molecule is COc1cc(=O)n2c(c1C(=O)N1CCCC1)CCN(Cc1cccc3ncccc13)CC2. The fraction of sp³-hybridized carbons (Fsp3) is 0.400. The van der Waals surface area contributed by atoms with Crippen LogP contribution in [0.25, 0.3) is 10.9 Å². The topological polar surface area (TPSA) is 67.7 Å². The van der Waals surface area contributed by atoms with Crippen molar-refractivity contribution in [3.8, 4) is 5.75 Å². The van der Waals surface area contributed by atoms with Crippen LogP contribution in [-0.2, 0) is 19.5 Å². The summed E-state index contributed by atoms with van der Waals surface area (Å²) in [6.45, 7) is 4.38. The van der Waals surface area contributed by atoms with E-state index < -0.39 is 0 Å². The van der Waals surface area contributed by atoms with Crippen molar-refractivity contribution < 1.29 is 9.53 Å². The molecule has 2 aliphatic heterocycles. The molecule has 1 fully saturated rings. The number of aromatic nitrogens is 2. The molecular weight excluding hydrogens is 404 g/mol. The highest BCUT2D eigenvalue weighted by Gasteiger charge is 2.29. The summed E-state index contributed by atoms with van der Waals surface area (Å²) >= 11 is 0. The quantitative estimate of drug-likeness (QED) is 0.634. The van der Waals surface area contributed by atoms with E-state index in [9.17, 15) is 9.59 Å². The number of carbonyl (C=O) groups is 1. The predicted octanol–water partition coefficient (Wildman–Crippen LogP) is 2.70. The lowest BCUT2D eigenvalue weighted by Crippen LogP contribution is -2.33. The Balaban J connectivity index is 1.45. The lowest BCUT2D eigenvalue weighted by molar-refractivity contribution is 0.0787. The maximum Gasteiger partial charge on any atom is 0.259 e. The summed E-state index contributed by atoms with van der Waals surface area (Å²) in [5.74, 6) is 0.378. The molecule has 2 aliphatic rings. The zero-order valence-electron chi connectivity index (χ0n) is 18.4. The van der Waals surface area contributed by atoms with Crippen molar-refractivity contribution in [3.05, 3.63) is 69.8 Å². The Hall–Kier alpha value is -3.19. The molecule has 0 N–H and O–H groups in total. The van der Waals surface area contributed by atoms with Crippen molar-refractivity contribution in [2.75, 3.05) is 33.3 Å². The predicted molar refractivity (Wildman–Crippen MR) is 123 cm³/mol. The third-order valence-corrected chi connectivity index (χ3v) is 6.64. The molecule has 0 spiro atoms. The minimum Gasteiger partial charge on any atom is -0.496 e. The van der Waals surface area contributed by atoms with Gasteiger partial charge in [0.2, 0.25) is 0 Å². The smallest absolute Gasteiger partial charge is 0.259 e. The van der Waals surface area contributed by atoms with Crippen molar-refractivity contribution in [2.24, 2.45) is 0 Å². The summed E-state index contributed by atoms with van der Waals surface area (Å²) in [5, 5.41) is 1.15. The lowest BCUT2D eigenvalue weighted by atomic mass is 10.1. The number of hydrogen-bond donors (Lipinski definition) is 0. The van der Waals surface area contributed by atoms with E-state index >= 15 is 0 Å². The van der Waals surface area contributed by atoms with Crippen LogP contribution in [0.2, 0.25) is 0 Å². The molecule has 7 nitrogen and oxygen atoms in total. The van der Waals surface area contributed by atoms with Gasteiger partial charge in [0.15, 0.2) is 0 Å². The van der Waals surface area contributed by atoms with E-state index in [1.54, 1.807) is 4.57 Å². The van der Waals surface area contributed by atoms with E-state index in [1.165, 1.54) is 18.7 Å². The second-order valence-electron chi connectivity index (χ2n) is 8.54. The highest BCUT2D eigenvalue weighted by molar-refractivity contribution is 5.98. The van der Waals surface area contributed by atoms with Gasteiger partial charge in [0, 0.05) is 69.0 Å². The van der Waals surface area contributed by atoms with Crippen LogP contribution in [0.5, 0.6) is 5.75 Å². The first-order valence-corrected chi connectivity index (χ1v) is 11.3. The second kappa shape index (κ2) is 8.74. The van der Waals surface area contributed by atoms with Gasteiger partial charge in [0.05, 0.1) is 12.6 Å². The van der Waals surface area contributed by atoms with Gasteiger partial charge in [-0.1, -0.05) is 18.2 Å². The highest BCUT2D eigenvalue weighted by Crippen LogP contribution is 2.27. The minimum atomic E-state index is -0.106. The van der Waals surface area contributed by atoms with Crippen molar-refractivity contribution in [2.45, 2.75) is 32.4 Å². The van der Waals surface area contributed by atoms with Gasteiger partial charge in [-0.3, -0.25) is 19.5 Å². The summed E-state index contributed by atoms with van der Waals surface area (Å²) in [6, 6.07) is 11.7. The van der Waals surface area contributed by atoms with Gasteiger partial charge >= 0.3 is 0 Å². The average molecular weight is 433 g/mol. The van der Waals surface area contributed by atoms with Crippen LogP contribution in [0.15, 0.2) is 47.4 Å². The number of likely N-dealkylation sites (tertiary alicyclic amines) is 1. The van der Waals surface area contributed by atoms with Crippen LogP contribution in [0.4, 0.5) is 0 Å². The summed E-state index contributed by atoms with van der Waals surface area (Å²) in [7, 11) is 1.53. The van der Waals surface area contributed by atoms with Gasteiger partial charge in [-0.25, -0.2) is 0 Å². The standard InChI is InChI=1S/C25H28N4O3/c1-32-22-16-23(30)29-15-14-27(17-18-6-4-8-20-19(18)7-5-10-26-20)13-9-21(29)24(22)25(31)28-11-2-3-12-28/h4-8,10,16H,2-3,9,11-15,17H2,1H3.